The molecule has 0 unspecified atom stereocenters. The summed E-state index contributed by atoms with van der Waals surface area (Å²) in [5.41, 5.74) is 1.57. The number of hydrogen-bond donors (Lipinski definition) is 1. The van der Waals surface area contributed by atoms with E-state index in [1.807, 2.05) is 12.1 Å². The van der Waals surface area contributed by atoms with Gasteiger partial charge in [-0.2, -0.15) is 0 Å². The Bertz CT molecular complexity index is 710. The molecule has 1 aliphatic rings. The van der Waals surface area contributed by atoms with Crippen LogP contribution in [0, 0.1) is 0 Å². The zero-order valence-electron chi connectivity index (χ0n) is 11.7. The second kappa shape index (κ2) is 6.54. The van der Waals surface area contributed by atoms with Gasteiger partial charge in [0.25, 0.3) is 0 Å². The zero-order chi connectivity index (χ0) is 15.4. The number of benzene rings is 2. The van der Waals surface area contributed by atoms with Crippen LogP contribution in [-0.2, 0) is 4.79 Å². The molecule has 1 heterocycles. The highest BCUT2D eigenvalue weighted by Gasteiger charge is 2.12. The third-order valence-electron chi connectivity index (χ3n) is 3.11. The molecule has 5 heteroatoms. The molecule has 0 spiro atoms. The molecule has 3 rings (SSSR count). The van der Waals surface area contributed by atoms with Gasteiger partial charge in [0, 0.05) is 22.9 Å². The summed E-state index contributed by atoms with van der Waals surface area (Å²) in [5.74, 6) is 1.12. The number of hydrogen-bond acceptors (Lipinski definition) is 3. The van der Waals surface area contributed by atoms with Crippen LogP contribution >= 0.6 is 11.6 Å². The lowest BCUT2D eigenvalue weighted by Crippen LogP contribution is -2.16. The Labute approximate surface area is 133 Å². The highest BCUT2D eigenvalue weighted by molar-refractivity contribution is 6.30. The fraction of sp³-hybridized carbons (Fsp3) is 0.118. The van der Waals surface area contributed by atoms with Crippen LogP contribution in [-0.4, -0.2) is 19.1 Å². The minimum atomic E-state index is -0.216. The topological polar surface area (TPSA) is 47.6 Å². The molecular formula is C17H14ClNO3. The van der Waals surface area contributed by atoms with Gasteiger partial charge in [0.05, 0.1) is 0 Å². The summed E-state index contributed by atoms with van der Waals surface area (Å²) in [4.78, 5) is 11.9. The molecule has 1 N–H and O–H groups in total. The fourth-order valence-corrected chi connectivity index (χ4v) is 2.18. The van der Waals surface area contributed by atoms with Crippen molar-refractivity contribution >= 4 is 29.3 Å². The lowest BCUT2D eigenvalue weighted by Gasteiger charge is -2.18. The third kappa shape index (κ3) is 3.59. The largest absolute Gasteiger partial charge is 0.486 e. The van der Waals surface area contributed by atoms with Crippen LogP contribution in [0.1, 0.15) is 5.56 Å². The van der Waals surface area contributed by atoms with Crippen molar-refractivity contribution in [3.63, 3.8) is 0 Å². The van der Waals surface area contributed by atoms with Crippen molar-refractivity contribution in [2.24, 2.45) is 0 Å². The van der Waals surface area contributed by atoms with Crippen molar-refractivity contribution in [3.05, 3.63) is 59.1 Å². The fourth-order valence-electron chi connectivity index (χ4n) is 2.05. The molecule has 4 nitrogen and oxygen atoms in total. The van der Waals surface area contributed by atoms with Gasteiger partial charge in [0.2, 0.25) is 5.91 Å². The Balaban J connectivity index is 1.65. The normalized spacial score (nSPS) is 13.1. The Morgan fingerprint density at radius 3 is 2.55 bits per heavy atom. The number of ether oxygens (including phenoxy) is 2. The molecule has 0 aromatic heterocycles. The van der Waals surface area contributed by atoms with Crippen molar-refractivity contribution in [2.45, 2.75) is 0 Å². The Hall–Kier alpha value is -2.46. The van der Waals surface area contributed by atoms with E-state index in [1.165, 1.54) is 6.08 Å². The van der Waals surface area contributed by atoms with E-state index >= 15 is 0 Å². The molecule has 0 aliphatic carbocycles. The van der Waals surface area contributed by atoms with Gasteiger partial charge in [0.15, 0.2) is 11.5 Å². The van der Waals surface area contributed by atoms with Crippen LogP contribution in [0.2, 0.25) is 5.02 Å². The van der Waals surface area contributed by atoms with Gasteiger partial charge in [-0.05, 0) is 35.9 Å². The molecule has 0 saturated carbocycles. The first-order chi connectivity index (χ1) is 10.7. The molecule has 0 saturated heterocycles. The maximum atomic E-state index is 11.9. The third-order valence-corrected chi connectivity index (χ3v) is 3.36. The van der Waals surface area contributed by atoms with E-state index in [1.54, 1.807) is 36.4 Å². The molecule has 1 aliphatic heterocycles. The Morgan fingerprint density at radius 1 is 1.05 bits per heavy atom. The first kappa shape index (κ1) is 14.5. The smallest absolute Gasteiger partial charge is 0.248 e. The van der Waals surface area contributed by atoms with Crippen LogP contribution in [0.5, 0.6) is 11.5 Å². The minimum absolute atomic E-state index is 0.216. The molecule has 2 aromatic carbocycles. The number of rotatable bonds is 3. The van der Waals surface area contributed by atoms with E-state index in [0.29, 0.717) is 35.4 Å². The summed E-state index contributed by atoms with van der Waals surface area (Å²) in [7, 11) is 0. The number of carbonyl (C=O) groups excluding carboxylic acids is 1. The number of nitrogens with one attached hydrogen (secondary N) is 1. The van der Waals surface area contributed by atoms with Crippen molar-refractivity contribution < 1.29 is 14.3 Å². The number of fused-ring (bicyclic) bond motifs is 1. The minimum Gasteiger partial charge on any atom is -0.486 e. The molecule has 0 radical (unpaired) electrons. The molecular weight excluding hydrogens is 302 g/mol. The van der Waals surface area contributed by atoms with Crippen molar-refractivity contribution in [2.75, 3.05) is 18.5 Å². The van der Waals surface area contributed by atoms with E-state index < -0.39 is 0 Å². The molecule has 2 aromatic rings. The monoisotopic (exact) mass is 315 g/mol. The van der Waals surface area contributed by atoms with E-state index in [9.17, 15) is 4.79 Å². The van der Waals surface area contributed by atoms with E-state index in [2.05, 4.69) is 5.32 Å². The highest BCUT2D eigenvalue weighted by atomic mass is 35.5. The number of amides is 1. The van der Waals surface area contributed by atoms with Crippen LogP contribution in [0.3, 0.4) is 0 Å². The summed E-state index contributed by atoms with van der Waals surface area (Å²) in [5, 5.41) is 3.45. The summed E-state index contributed by atoms with van der Waals surface area (Å²) in [6.07, 6.45) is 3.20. The maximum absolute atomic E-state index is 11.9. The Morgan fingerprint density at radius 2 is 1.77 bits per heavy atom. The molecule has 112 valence electrons. The van der Waals surface area contributed by atoms with Gasteiger partial charge < -0.3 is 14.8 Å². The van der Waals surface area contributed by atoms with E-state index in [4.69, 9.17) is 21.1 Å². The predicted octanol–water partition coefficient (Wildman–Crippen LogP) is 3.76. The van der Waals surface area contributed by atoms with Gasteiger partial charge in [-0.1, -0.05) is 23.7 Å². The zero-order valence-corrected chi connectivity index (χ0v) is 12.5. The summed E-state index contributed by atoms with van der Waals surface area (Å²) < 4.78 is 10.9. The van der Waals surface area contributed by atoms with Crippen molar-refractivity contribution in [1.29, 1.82) is 0 Å². The predicted molar refractivity (Wildman–Crippen MR) is 86.5 cm³/mol. The molecule has 0 atom stereocenters. The number of halogens is 1. The van der Waals surface area contributed by atoms with E-state index in [-0.39, 0.29) is 5.91 Å². The summed E-state index contributed by atoms with van der Waals surface area (Å²) in [6.45, 7) is 1.06. The average molecular weight is 316 g/mol. The molecule has 22 heavy (non-hydrogen) atoms. The van der Waals surface area contributed by atoms with Gasteiger partial charge in [-0.3, -0.25) is 4.79 Å². The first-order valence-electron chi connectivity index (χ1n) is 6.85. The van der Waals surface area contributed by atoms with Crippen LogP contribution in [0.25, 0.3) is 6.08 Å². The molecule has 1 amide bonds. The van der Waals surface area contributed by atoms with Crippen LogP contribution in [0.4, 0.5) is 5.69 Å². The second-order valence-corrected chi connectivity index (χ2v) is 5.17. The standard InChI is InChI=1S/C17H14ClNO3/c18-13-4-1-12(2-5-13)3-8-17(20)19-14-6-7-15-16(11-14)22-10-9-21-15/h1-8,11H,9-10H2,(H,19,20)/b8-3+. The molecule has 0 fully saturated rings. The van der Waals surface area contributed by atoms with Gasteiger partial charge >= 0.3 is 0 Å². The number of anilines is 1. The quantitative estimate of drug-likeness (QED) is 0.877. The lowest BCUT2D eigenvalue weighted by atomic mass is 10.2. The maximum Gasteiger partial charge on any atom is 0.248 e. The van der Waals surface area contributed by atoms with Crippen LogP contribution in [0.15, 0.2) is 48.5 Å². The summed E-state index contributed by atoms with van der Waals surface area (Å²) in [6, 6.07) is 12.6. The summed E-state index contributed by atoms with van der Waals surface area (Å²) >= 11 is 5.81. The molecule has 0 bridgehead atoms. The lowest BCUT2D eigenvalue weighted by molar-refractivity contribution is -0.111. The van der Waals surface area contributed by atoms with Crippen LogP contribution < -0.4 is 14.8 Å². The van der Waals surface area contributed by atoms with E-state index in [0.717, 1.165) is 5.56 Å². The average Bonchev–Trinajstić information content (AvgIpc) is 2.54. The first-order valence-corrected chi connectivity index (χ1v) is 7.23. The second-order valence-electron chi connectivity index (χ2n) is 4.73. The van der Waals surface area contributed by atoms with Gasteiger partial charge in [-0.25, -0.2) is 0 Å². The SMILES string of the molecule is O=C(/C=C/c1ccc(Cl)cc1)Nc1ccc2c(c1)OCCO2. The van der Waals surface area contributed by atoms with Crippen molar-refractivity contribution in [1.82, 2.24) is 0 Å². The van der Waals surface area contributed by atoms with Gasteiger partial charge in [-0.15, -0.1) is 0 Å². The number of carbonyl (C=O) groups is 1. The Kier molecular flexibility index (Phi) is 4.30. The van der Waals surface area contributed by atoms with Gasteiger partial charge in [0.1, 0.15) is 13.2 Å². The van der Waals surface area contributed by atoms with Crippen molar-refractivity contribution in [3.8, 4) is 11.5 Å². The highest BCUT2D eigenvalue weighted by Crippen LogP contribution is 2.32.